The second-order valence-corrected chi connectivity index (χ2v) is 7.03. The molecule has 0 spiro atoms. The van der Waals surface area contributed by atoms with Gasteiger partial charge in [-0.25, -0.2) is 9.67 Å². The highest BCUT2D eigenvalue weighted by atomic mass is 16.5. The molecule has 0 bridgehead atoms. The van der Waals surface area contributed by atoms with E-state index >= 15 is 0 Å². The van der Waals surface area contributed by atoms with E-state index in [0.717, 1.165) is 41.9 Å². The van der Waals surface area contributed by atoms with Gasteiger partial charge in [-0.1, -0.05) is 6.92 Å². The minimum Gasteiger partial charge on any atom is -0.422 e. The molecule has 0 aromatic carbocycles. The number of pyridine rings is 1. The normalized spacial score (nSPS) is 18.5. The summed E-state index contributed by atoms with van der Waals surface area (Å²) in [6, 6.07) is 6.46. The molecule has 4 heterocycles. The summed E-state index contributed by atoms with van der Waals surface area (Å²) in [5.41, 5.74) is 9.98. The van der Waals surface area contributed by atoms with Crippen molar-refractivity contribution in [3.63, 3.8) is 0 Å². The van der Waals surface area contributed by atoms with Crippen LogP contribution in [0.25, 0.3) is 5.69 Å². The Bertz CT molecular complexity index is 1100. The first-order chi connectivity index (χ1) is 13.7. The van der Waals surface area contributed by atoms with Crippen molar-refractivity contribution in [3.05, 3.63) is 65.5 Å². The van der Waals surface area contributed by atoms with Crippen LogP contribution in [-0.4, -0.2) is 24.3 Å². The summed E-state index contributed by atoms with van der Waals surface area (Å²) >= 11 is 0. The molecule has 8 nitrogen and oxygen atoms in total. The molecule has 0 saturated heterocycles. The third-order valence-electron chi connectivity index (χ3n) is 5.24. The first-order valence-corrected chi connectivity index (χ1v) is 9.34. The van der Waals surface area contributed by atoms with Gasteiger partial charge in [0.2, 0.25) is 11.8 Å². The largest absolute Gasteiger partial charge is 0.422 e. The molecule has 2 N–H and O–H groups in total. The fourth-order valence-electron chi connectivity index (χ4n) is 3.69. The van der Waals surface area contributed by atoms with Crippen molar-refractivity contribution in [2.45, 2.75) is 38.1 Å². The van der Waals surface area contributed by atoms with Crippen molar-refractivity contribution in [2.24, 2.45) is 5.73 Å². The van der Waals surface area contributed by atoms with E-state index in [1.54, 1.807) is 18.7 Å². The molecule has 8 heteroatoms. The first kappa shape index (κ1) is 16.6. The van der Waals surface area contributed by atoms with Crippen molar-refractivity contribution >= 4 is 0 Å². The fourth-order valence-corrected chi connectivity index (χ4v) is 3.69. The molecular weight excluding hydrogens is 354 g/mol. The summed E-state index contributed by atoms with van der Waals surface area (Å²) in [5, 5.41) is 14.5. The van der Waals surface area contributed by atoms with Gasteiger partial charge in [0, 0.05) is 12.4 Å². The molecule has 2 aliphatic rings. The first-order valence-electron chi connectivity index (χ1n) is 9.34. The third kappa shape index (κ3) is 2.47. The average molecular weight is 373 g/mol. The summed E-state index contributed by atoms with van der Waals surface area (Å²) in [6.07, 6.45) is 9.97. The number of hydrogen-bond acceptors (Lipinski definition) is 6. The summed E-state index contributed by atoms with van der Waals surface area (Å²) in [7, 11) is 0. The zero-order chi connectivity index (χ0) is 19.3. The van der Waals surface area contributed by atoms with Crippen LogP contribution in [0.15, 0.2) is 48.5 Å². The highest BCUT2D eigenvalue weighted by molar-refractivity contribution is 5.55. The Morgan fingerprint density at radius 1 is 1.36 bits per heavy atom. The Labute approximate surface area is 161 Å². The maximum absolute atomic E-state index is 9.78. The van der Waals surface area contributed by atoms with Crippen LogP contribution in [0.5, 0.6) is 5.88 Å². The van der Waals surface area contributed by atoms with Crippen molar-refractivity contribution in [1.29, 1.82) is 5.26 Å². The molecule has 0 amide bonds. The Kier molecular flexibility index (Phi) is 3.69. The van der Waals surface area contributed by atoms with Crippen molar-refractivity contribution in [3.8, 4) is 17.6 Å². The summed E-state index contributed by atoms with van der Waals surface area (Å²) in [5.74, 6) is 0.402. The maximum atomic E-state index is 9.78. The molecule has 3 aromatic rings. The van der Waals surface area contributed by atoms with Gasteiger partial charge in [-0.05, 0) is 31.4 Å². The van der Waals surface area contributed by atoms with E-state index in [0.29, 0.717) is 17.5 Å². The molecule has 1 atom stereocenters. The summed E-state index contributed by atoms with van der Waals surface area (Å²) in [6.45, 7) is 2.06. The zero-order valence-corrected chi connectivity index (χ0v) is 15.4. The van der Waals surface area contributed by atoms with Gasteiger partial charge in [-0.2, -0.15) is 10.4 Å². The van der Waals surface area contributed by atoms with E-state index < -0.39 is 0 Å². The number of rotatable bonds is 4. The van der Waals surface area contributed by atoms with Gasteiger partial charge in [-0.15, -0.1) is 0 Å². The number of aryl methyl sites for hydroxylation is 1. The van der Waals surface area contributed by atoms with E-state index in [4.69, 9.17) is 15.6 Å². The minimum atomic E-state index is -0.381. The van der Waals surface area contributed by atoms with E-state index in [9.17, 15) is 5.26 Å². The van der Waals surface area contributed by atoms with Crippen LogP contribution in [0.3, 0.4) is 0 Å². The van der Waals surface area contributed by atoms with Crippen LogP contribution in [0, 0.1) is 11.3 Å². The Morgan fingerprint density at radius 2 is 2.21 bits per heavy atom. The van der Waals surface area contributed by atoms with Crippen LogP contribution < -0.4 is 10.5 Å². The second kappa shape index (κ2) is 6.23. The lowest BCUT2D eigenvalue weighted by Crippen LogP contribution is -2.23. The van der Waals surface area contributed by atoms with Gasteiger partial charge in [0.15, 0.2) is 0 Å². The van der Waals surface area contributed by atoms with Gasteiger partial charge in [0.1, 0.15) is 11.6 Å². The van der Waals surface area contributed by atoms with E-state index in [1.165, 1.54) is 0 Å². The van der Waals surface area contributed by atoms with Gasteiger partial charge in [-0.3, -0.25) is 4.98 Å². The molecule has 1 aliphatic carbocycles. The smallest absolute Gasteiger partial charge is 0.224 e. The highest BCUT2D eigenvalue weighted by Gasteiger charge is 2.40. The van der Waals surface area contributed by atoms with Crippen LogP contribution >= 0.6 is 0 Å². The van der Waals surface area contributed by atoms with E-state index in [2.05, 4.69) is 23.0 Å². The monoisotopic (exact) mass is 373 g/mol. The molecule has 1 saturated carbocycles. The van der Waals surface area contributed by atoms with Gasteiger partial charge in [0.25, 0.3) is 0 Å². The third-order valence-corrected chi connectivity index (χ3v) is 5.24. The summed E-state index contributed by atoms with van der Waals surface area (Å²) < 4.78 is 9.69. The number of imidazole rings is 1. The maximum Gasteiger partial charge on any atom is 0.224 e. The summed E-state index contributed by atoms with van der Waals surface area (Å²) in [4.78, 5) is 8.72. The number of nitrogens with two attached hydrogens (primary N) is 1. The molecule has 5 rings (SSSR count). The van der Waals surface area contributed by atoms with Gasteiger partial charge in [0.05, 0.1) is 47.1 Å². The molecule has 140 valence electrons. The van der Waals surface area contributed by atoms with Crippen molar-refractivity contribution in [1.82, 2.24) is 24.3 Å². The van der Waals surface area contributed by atoms with E-state index in [-0.39, 0.29) is 11.8 Å². The van der Waals surface area contributed by atoms with Crippen molar-refractivity contribution in [2.75, 3.05) is 0 Å². The fraction of sp³-hybridized carbons (Fsp3) is 0.300. The van der Waals surface area contributed by atoms with Gasteiger partial charge >= 0.3 is 0 Å². The number of nitriles is 1. The Morgan fingerprint density at radius 3 is 2.82 bits per heavy atom. The average Bonchev–Trinajstić information content (AvgIpc) is 3.28. The molecule has 1 aliphatic heterocycles. The highest BCUT2D eigenvalue weighted by Crippen LogP contribution is 2.47. The topological polar surface area (TPSA) is 108 Å². The van der Waals surface area contributed by atoms with Crippen LogP contribution in [-0.2, 0) is 6.42 Å². The van der Waals surface area contributed by atoms with Crippen molar-refractivity contribution < 1.29 is 4.74 Å². The molecular formula is C20H19N7O. The molecule has 1 fully saturated rings. The number of allylic oxidation sites excluding steroid dienone is 1. The van der Waals surface area contributed by atoms with E-state index in [1.807, 2.05) is 27.6 Å². The number of nitrogens with zero attached hydrogens (tertiary/aromatic N) is 6. The lowest BCUT2D eigenvalue weighted by atomic mass is 9.86. The van der Waals surface area contributed by atoms with Crippen LogP contribution in [0.1, 0.15) is 48.7 Å². The van der Waals surface area contributed by atoms with Gasteiger partial charge < -0.3 is 15.0 Å². The minimum absolute atomic E-state index is 0.130. The van der Waals surface area contributed by atoms with Crippen LogP contribution in [0.2, 0.25) is 0 Å². The number of aromatic nitrogens is 5. The zero-order valence-electron chi connectivity index (χ0n) is 15.4. The quantitative estimate of drug-likeness (QED) is 0.753. The molecule has 0 radical (unpaired) electrons. The number of fused-ring (bicyclic) bond motifs is 1. The Balaban J connectivity index is 1.65. The Hall–Kier alpha value is -3.60. The molecule has 1 unspecified atom stereocenters. The predicted octanol–water partition coefficient (Wildman–Crippen LogP) is 2.58. The lowest BCUT2D eigenvalue weighted by molar-refractivity contribution is 0.347. The number of ether oxygens (including phenoxy) is 1. The standard InChI is InChI=1S/C20H19N7O/c1-2-15-18-17(16-6-5-13(10-24-16)26-8-7-23-11-26)14(9-21)19(22)28-20(18)27(25-15)12-3-4-12/h5-8,10-12,17H,2-4,22H2,1H3. The number of hydrogen-bond donors (Lipinski definition) is 1. The lowest BCUT2D eigenvalue weighted by Gasteiger charge is -2.24. The van der Waals surface area contributed by atoms with Crippen LogP contribution in [0.4, 0.5) is 0 Å². The predicted molar refractivity (Wildman–Crippen MR) is 101 cm³/mol. The molecule has 3 aromatic heterocycles. The SMILES string of the molecule is CCc1nn(C2CC2)c2c1C(c1ccc(-n3ccnc3)cn1)C(C#N)=C(N)O2. The second-order valence-electron chi connectivity index (χ2n) is 7.03. The molecule has 28 heavy (non-hydrogen) atoms.